The first-order valence-electron chi connectivity index (χ1n) is 5.94. The van der Waals surface area contributed by atoms with Gasteiger partial charge in [0, 0.05) is 5.56 Å². The number of rotatable bonds is 4. The van der Waals surface area contributed by atoms with Crippen LogP contribution in [-0.4, -0.2) is 19.8 Å². The maximum atomic E-state index is 12.8. The Labute approximate surface area is 101 Å². The quantitative estimate of drug-likeness (QED) is 0.877. The Morgan fingerprint density at radius 3 is 2.82 bits per heavy atom. The Kier molecular flexibility index (Phi) is 3.84. The normalized spacial score (nSPS) is 15.7. The van der Waals surface area contributed by atoms with E-state index in [1.807, 2.05) is 6.07 Å². The van der Waals surface area contributed by atoms with Crippen molar-refractivity contribution in [1.82, 2.24) is 0 Å². The Balaban J connectivity index is 2.40. The zero-order chi connectivity index (χ0) is 12.3. The third-order valence-electron chi connectivity index (χ3n) is 3.02. The number of nitrogens with two attached hydrogens (primary N) is 1. The maximum absolute atomic E-state index is 12.8. The van der Waals surface area contributed by atoms with Gasteiger partial charge in [0.05, 0.1) is 0 Å². The molecule has 0 aromatic heterocycles. The topological polar surface area (TPSA) is 44.5 Å². The molecule has 0 spiro atoms. The monoisotopic (exact) mass is 239 g/mol. The number of fused-ring (bicyclic) bond motifs is 1. The molecule has 0 amide bonds. The Morgan fingerprint density at radius 1 is 1.35 bits per heavy atom. The summed E-state index contributed by atoms with van der Waals surface area (Å²) in [6.07, 6.45) is 0.853. The molecule has 1 aliphatic rings. The summed E-state index contributed by atoms with van der Waals surface area (Å²) < 4.78 is 23.9. The van der Waals surface area contributed by atoms with Crippen LogP contribution in [0.25, 0.3) is 0 Å². The lowest BCUT2D eigenvalue weighted by Crippen LogP contribution is -2.18. The molecule has 1 aromatic rings. The summed E-state index contributed by atoms with van der Waals surface area (Å²) in [4.78, 5) is 0. The predicted octanol–water partition coefficient (Wildman–Crippen LogP) is 2.38. The highest BCUT2D eigenvalue weighted by molar-refractivity contribution is 5.51. The molecule has 0 radical (unpaired) electrons. The second-order valence-corrected chi connectivity index (χ2v) is 4.32. The van der Waals surface area contributed by atoms with Gasteiger partial charge in [-0.2, -0.15) is 0 Å². The highest BCUT2D eigenvalue weighted by Crippen LogP contribution is 2.40. The summed E-state index contributed by atoms with van der Waals surface area (Å²) in [6, 6.07) is 3.57. The molecule has 1 atom stereocenters. The van der Waals surface area contributed by atoms with Crippen LogP contribution in [-0.2, 0) is 6.67 Å². The van der Waals surface area contributed by atoms with Crippen LogP contribution in [0, 0.1) is 0 Å². The third-order valence-corrected chi connectivity index (χ3v) is 3.02. The first-order valence-corrected chi connectivity index (χ1v) is 5.94. The largest absolute Gasteiger partial charge is 0.486 e. The minimum atomic E-state index is -0.487. The molecule has 0 saturated carbocycles. The Hall–Kier alpha value is -1.29. The van der Waals surface area contributed by atoms with E-state index in [0.717, 1.165) is 17.7 Å². The van der Waals surface area contributed by atoms with E-state index in [4.69, 9.17) is 15.2 Å². The van der Waals surface area contributed by atoms with Gasteiger partial charge >= 0.3 is 0 Å². The molecular weight excluding hydrogens is 221 g/mol. The fraction of sp³-hybridized carbons (Fsp3) is 0.538. The molecule has 1 heterocycles. The molecule has 17 heavy (non-hydrogen) atoms. The predicted molar refractivity (Wildman–Crippen MR) is 64.3 cm³/mol. The average molecular weight is 239 g/mol. The van der Waals surface area contributed by atoms with E-state index in [9.17, 15) is 4.39 Å². The van der Waals surface area contributed by atoms with Crippen molar-refractivity contribution in [3.8, 4) is 11.5 Å². The molecule has 0 bridgehead atoms. The average Bonchev–Trinajstić information content (AvgIpc) is 2.37. The molecule has 1 aliphatic heterocycles. The first-order chi connectivity index (χ1) is 8.26. The van der Waals surface area contributed by atoms with Crippen molar-refractivity contribution in [1.29, 1.82) is 0 Å². The van der Waals surface area contributed by atoms with E-state index < -0.39 is 6.67 Å². The molecule has 1 aromatic carbocycles. The van der Waals surface area contributed by atoms with Crippen molar-refractivity contribution < 1.29 is 13.9 Å². The number of alkyl halides is 1. The van der Waals surface area contributed by atoms with E-state index in [1.54, 1.807) is 6.07 Å². The van der Waals surface area contributed by atoms with Crippen LogP contribution < -0.4 is 15.2 Å². The summed E-state index contributed by atoms with van der Waals surface area (Å²) in [6.45, 7) is 3.26. The van der Waals surface area contributed by atoms with Crippen LogP contribution in [0.1, 0.15) is 30.4 Å². The van der Waals surface area contributed by atoms with Gasteiger partial charge in [0.1, 0.15) is 19.9 Å². The van der Waals surface area contributed by atoms with E-state index in [2.05, 4.69) is 6.92 Å². The Morgan fingerprint density at radius 2 is 2.12 bits per heavy atom. The van der Waals surface area contributed by atoms with Crippen molar-refractivity contribution in [3.05, 3.63) is 23.3 Å². The molecule has 0 fully saturated rings. The van der Waals surface area contributed by atoms with Crippen molar-refractivity contribution in [2.45, 2.75) is 25.9 Å². The van der Waals surface area contributed by atoms with Gasteiger partial charge < -0.3 is 15.2 Å². The van der Waals surface area contributed by atoms with Gasteiger partial charge in [0.2, 0.25) is 0 Å². The van der Waals surface area contributed by atoms with Crippen LogP contribution in [0.4, 0.5) is 4.39 Å². The van der Waals surface area contributed by atoms with E-state index in [1.165, 1.54) is 0 Å². The maximum Gasteiger partial charge on any atom is 0.164 e. The number of hydrogen-bond acceptors (Lipinski definition) is 3. The highest BCUT2D eigenvalue weighted by Gasteiger charge is 2.20. The summed E-state index contributed by atoms with van der Waals surface area (Å²) in [5.41, 5.74) is 7.20. The molecule has 0 saturated heterocycles. The van der Waals surface area contributed by atoms with Gasteiger partial charge in [-0.05, 0) is 36.6 Å². The highest BCUT2D eigenvalue weighted by atomic mass is 19.1. The van der Waals surface area contributed by atoms with Gasteiger partial charge in [-0.25, -0.2) is 4.39 Å². The summed E-state index contributed by atoms with van der Waals surface area (Å²) >= 11 is 0. The lowest BCUT2D eigenvalue weighted by atomic mass is 9.94. The third kappa shape index (κ3) is 2.52. The van der Waals surface area contributed by atoms with Gasteiger partial charge in [-0.15, -0.1) is 0 Å². The zero-order valence-electron chi connectivity index (χ0n) is 10.0. The van der Waals surface area contributed by atoms with E-state index in [0.29, 0.717) is 31.1 Å². The smallest absolute Gasteiger partial charge is 0.164 e. The van der Waals surface area contributed by atoms with Gasteiger partial charge in [-0.3, -0.25) is 0 Å². The second kappa shape index (κ2) is 5.36. The SMILES string of the molecule is CC(CCN)c1cc(CF)cc2c1OCCO2. The summed E-state index contributed by atoms with van der Waals surface area (Å²) in [7, 11) is 0. The minimum Gasteiger partial charge on any atom is -0.486 e. The van der Waals surface area contributed by atoms with Crippen LogP contribution in [0.15, 0.2) is 12.1 Å². The van der Waals surface area contributed by atoms with Crippen molar-refractivity contribution >= 4 is 0 Å². The van der Waals surface area contributed by atoms with Crippen molar-refractivity contribution in [2.24, 2.45) is 5.73 Å². The molecule has 1 unspecified atom stereocenters. The number of ether oxygens (including phenoxy) is 2. The molecule has 3 nitrogen and oxygen atoms in total. The molecular formula is C13H18FNO2. The number of halogens is 1. The lowest BCUT2D eigenvalue weighted by Gasteiger charge is -2.24. The molecule has 2 N–H and O–H groups in total. The molecule has 2 rings (SSSR count). The standard InChI is InChI=1S/C13H18FNO2/c1-9(2-3-15)11-6-10(8-14)7-12-13(11)17-5-4-16-12/h6-7,9H,2-5,8,15H2,1H3. The summed E-state index contributed by atoms with van der Waals surface area (Å²) in [5, 5.41) is 0. The van der Waals surface area contributed by atoms with Gasteiger partial charge in [0.25, 0.3) is 0 Å². The zero-order valence-corrected chi connectivity index (χ0v) is 10.0. The molecule has 94 valence electrons. The molecule has 4 heteroatoms. The van der Waals surface area contributed by atoms with E-state index in [-0.39, 0.29) is 5.92 Å². The first kappa shape index (κ1) is 12.2. The van der Waals surface area contributed by atoms with Crippen molar-refractivity contribution in [2.75, 3.05) is 19.8 Å². The van der Waals surface area contributed by atoms with Gasteiger partial charge in [0.15, 0.2) is 11.5 Å². The van der Waals surface area contributed by atoms with Gasteiger partial charge in [-0.1, -0.05) is 6.92 Å². The van der Waals surface area contributed by atoms with Crippen LogP contribution >= 0.6 is 0 Å². The van der Waals surface area contributed by atoms with Crippen molar-refractivity contribution in [3.63, 3.8) is 0 Å². The fourth-order valence-corrected chi connectivity index (χ4v) is 2.09. The minimum absolute atomic E-state index is 0.252. The van der Waals surface area contributed by atoms with Crippen LogP contribution in [0.2, 0.25) is 0 Å². The molecule has 0 aliphatic carbocycles. The summed E-state index contributed by atoms with van der Waals surface area (Å²) in [5.74, 6) is 1.67. The lowest BCUT2D eigenvalue weighted by molar-refractivity contribution is 0.169. The Bertz CT molecular complexity index is 395. The number of benzene rings is 1. The van der Waals surface area contributed by atoms with E-state index >= 15 is 0 Å². The number of hydrogen-bond donors (Lipinski definition) is 1. The van der Waals surface area contributed by atoms with Crippen LogP contribution in [0.5, 0.6) is 11.5 Å². The second-order valence-electron chi connectivity index (χ2n) is 4.32. The fourth-order valence-electron chi connectivity index (χ4n) is 2.09. The van der Waals surface area contributed by atoms with Crippen LogP contribution in [0.3, 0.4) is 0 Å².